The summed E-state index contributed by atoms with van der Waals surface area (Å²) in [7, 11) is 3.40. The van der Waals surface area contributed by atoms with E-state index < -0.39 is 0 Å². The summed E-state index contributed by atoms with van der Waals surface area (Å²) in [6.07, 6.45) is 2.34. The maximum absolute atomic E-state index is 12.0. The predicted molar refractivity (Wildman–Crippen MR) is 85.9 cm³/mol. The molecule has 0 spiro atoms. The summed E-state index contributed by atoms with van der Waals surface area (Å²) in [4.78, 5) is 19.7. The molecule has 7 heteroatoms. The lowest BCUT2D eigenvalue weighted by Crippen LogP contribution is -2.27. The van der Waals surface area contributed by atoms with Crippen molar-refractivity contribution in [1.82, 2.24) is 19.1 Å². The highest BCUT2D eigenvalue weighted by molar-refractivity contribution is 7.99. The highest BCUT2D eigenvalue weighted by atomic mass is 32.2. The summed E-state index contributed by atoms with van der Waals surface area (Å²) in [5.74, 6) is 1.72. The van der Waals surface area contributed by atoms with Gasteiger partial charge in [0.15, 0.2) is 10.8 Å². The molecular formula is C13H20N4OS2. The van der Waals surface area contributed by atoms with Gasteiger partial charge in [-0.05, 0) is 5.92 Å². The van der Waals surface area contributed by atoms with E-state index in [1.54, 1.807) is 25.9 Å². The fourth-order valence-corrected chi connectivity index (χ4v) is 3.51. The van der Waals surface area contributed by atoms with Crippen molar-refractivity contribution in [3.63, 3.8) is 0 Å². The molecule has 0 fully saturated rings. The Bertz CT molecular complexity index is 724. The number of nitrogens with one attached hydrogen (secondary N) is 1. The molecule has 0 unspecified atom stereocenters. The molecule has 2 heterocycles. The summed E-state index contributed by atoms with van der Waals surface area (Å²) in [5.41, 5.74) is 1.24. The molecule has 0 radical (unpaired) electrons. The molecule has 0 aliphatic carbocycles. The van der Waals surface area contributed by atoms with E-state index in [1.807, 2.05) is 0 Å². The summed E-state index contributed by atoms with van der Waals surface area (Å²) >= 11 is 7.00. The molecule has 2 aromatic heterocycles. The van der Waals surface area contributed by atoms with Gasteiger partial charge in [0.2, 0.25) is 0 Å². The average Bonchev–Trinajstić information content (AvgIpc) is 2.88. The van der Waals surface area contributed by atoms with Crippen LogP contribution >= 0.6 is 24.0 Å². The minimum atomic E-state index is -0.148. The highest BCUT2D eigenvalue weighted by Gasteiger charge is 2.12. The Balaban J connectivity index is 2.40. The lowest BCUT2D eigenvalue weighted by molar-refractivity contribution is 0.553. The number of nitrogens with zero attached hydrogens (tertiary/aromatic N) is 3. The standard InChI is InChI=1S/C13H20N4OS2/c1-5-8(6-2)7-20-12-14-9-10(15-12)16(3)13(18)17(4)11(9)19/h8H,5-7H2,1-4H3,(H,14,15). The van der Waals surface area contributed by atoms with Crippen molar-refractivity contribution in [2.45, 2.75) is 31.8 Å². The van der Waals surface area contributed by atoms with Crippen molar-refractivity contribution in [2.75, 3.05) is 5.75 Å². The van der Waals surface area contributed by atoms with Crippen molar-refractivity contribution in [2.24, 2.45) is 20.0 Å². The Labute approximate surface area is 127 Å². The van der Waals surface area contributed by atoms with E-state index in [0.29, 0.717) is 16.2 Å². The minimum Gasteiger partial charge on any atom is -0.329 e. The third-order valence-corrected chi connectivity index (χ3v) is 5.27. The third kappa shape index (κ3) is 2.69. The molecule has 20 heavy (non-hydrogen) atoms. The van der Waals surface area contributed by atoms with Gasteiger partial charge in [0, 0.05) is 19.8 Å². The maximum atomic E-state index is 12.0. The second-order valence-electron chi connectivity index (χ2n) is 4.94. The number of hydrogen-bond acceptors (Lipinski definition) is 4. The van der Waals surface area contributed by atoms with E-state index in [2.05, 4.69) is 23.8 Å². The molecule has 0 atom stereocenters. The average molecular weight is 312 g/mol. The largest absolute Gasteiger partial charge is 0.330 e. The number of thioether (sulfide) groups is 1. The number of aryl methyl sites for hydroxylation is 1. The van der Waals surface area contributed by atoms with Gasteiger partial charge in [-0.3, -0.25) is 9.13 Å². The Kier molecular flexibility index (Phi) is 4.70. The highest BCUT2D eigenvalue weighted by Crippen LogP contribution is 2.23. The minimum absolute atomic E-state index is 0.148. The van der Waals surface area contributed by atoms with E-state index in [9.17, 15) is 4.79 Å². The molecule has 2 rings (SSSR count). The van der Waals surface area contributed by atoms with Crippen LogP contribution in [0.4, 0.5) is 0 Å². The zero-order chi connectivity index (χ0) is 14.9. The Morgan fingerprint density at radius 1 is 1.30 bits per heavy atom. The van der Waals surface area contributed by atoms with Crippen LogP contribution in [0.25, 0.3) is 11.2 Å². The molecule has 0 aliphatic heterocycles. The van der Waals surface area contributed by atoms with Gasteiger partial charge in [0.05, 0.1) is 0 Å². The van der Waals surface area contributed by atoms with Crippen molar-refractivity contribution in [3.8, 4) is 0 Å². The third-order valence-electron chi connectivity index (χ3n) is 3.68. The zero-order valence-electron chi connectivity index (χ0n) is 12.3. The number of rotatable bonds is 5. The van der Waals surface area contributed by atoms with Gasteiger partial charge in [0.1, 0.15) is 10.2 Å². The number of fused-ring (bicyclic) bond motifs is 1. The molecule has 0 bridgehead atoms. The molecule has 0 saturated carbocycles. The Hall–Kier alpha value is -1.08. The van der Waals surface area contributed by atoms with Crippen LogP contribution in [0.3, 0.4) is 0 Å². The Morgan fingerprint density at radius 3 is 2.55 bits per heavy atom. The fourth-order valence-electron chi connectivity index (χ4n) is 2.09. The van der Waals surface area contributed by atoms with E-state index >= 15 is 0 Å². The van der Waals surface area contributed by atoms with Crippen LogP contribution in [0.2, 0.25) is 0 Å². The second kappa shape index (κ2) is 6.13. The van der Waals surface area contributed by atoms with Crippen molar-refractivity contribution in [3.05, 3.63) is 15.1 Å². The molecule has 0 aliphatic rings. The first-order chi connectivity index (χ1) is 9.49. The van der Waals surface area contributed by atoms with Crippen LogP contribution in [0.1, 0.15) is 26.7 Å². The molecule has 0 saturated heterocycles. The normalized spacial score (nSPS) is 11.7. The topological polar surface area (TPSA) is 55.6 Å². The van der Waals surface area contributed by atoms with Crippen molar-refractivity contribution < 1.29 is 0 Å². The monoisotopic (exact) mass is 312 g/mol. The zero-order valence-corrected chi connectivity index (χ0v) is 13.9. The van der Waals surface area contributed by atoms with E-state index in [0.717, 1.165) is 16.4 Å². The number of hydrogen-bond donors (Lipinski definition) is 1. The van der Waals surface area contributed by atoms with E-state index in [4.69, 9.17) is 12.2 Å². The SMILES string of the molecule is CCC(CC)CSc1nc2c([nH]1)c(=S)n(C)c(=O)n2C. The summed E-state index contributed by atoms with van der Waals surface area (Å²) in [6, 6.07) is 0. The lowest BCUT2D eigenvalue weighted by Gasteiger charge is -2.09. The van der Waals surface area contributed by atoms with Crippen LogP contribution < -0.4 is 5.69 Å². The molecule has 5 nitrogen and oxygen atoms in total. The van der Waals surface area contributed by atoms with E-state index in [-0.39, 0.29) is 5.69 Å². The van der Waals surface area contributed by atoms with Gasteiger partial charge < -0.3 is 4.98 Å². The first kappa shape index (κ1) is 15.3. The fraction of sp³-hybridized carbons (Fsp3) is 0.615. The first-order valence-corrected chi connectivity index (χ1v) is 8.17. The number of imidazole rings is 1. The van der Waals surface area contributed by atoms with E-state index in [1.165, 1.54) is 22.0 Å². The number of H-pyrrole nitrogens is 1. The quantitative estimate of drug-likeness (QED) is 0.681. The van der Waals surface area contributed by atoms with Crippen LogP contribution in [0, 0.1) is 10.6 Å². The van der Waals surface area contributed by atoms with Crippen molar-refractivity contribution >= 4 is 35.1 Å². The molecular weight excluding hydrogens is 292 g/mol. The number of aromatic amines is 1. The van der Waals surface area contributed by atoms with Gasteiger partial charge in [-0.1, -0.05) is 50.7 Å². The van der Waals surface area contributed by atoms with Crippen molar-refractivity contribution in [1.29, 1.82) is 0 Å². The van der Waals surface area contributed by atoms with Gasteiger partial charge >= 0.3 is 5.69 Å². The second-order valence-corrected chi connectivity index (χ2v) is 6.34. The number of aromatic nitrogens is 4. The van der Waals surface area contributed by atoms with Gasteiger partial charge in [0.25, 0.3) is 0 Å². The molecule has 1 N–H and O–H groups in total. The first-order valence-electron chi connectivity index (χ1n) is 6.78. The lowest BCUT2D eigenvalue weighted by atomic mass is 10.1. The van der Waals surface area contributed by atoms with Gasteiger partial charge in [-0.2, -0.15) is 0 Å². The smallest absolute Gasteiger partial charge is 0.329 e. The maximum Gasteiger partial charge on any atom is 0.330 e. The summed E-state index contributed by atoms with van der Waals surface area (Å²) < 4.78 is 3.50. The molecule has 2 aromatic rings. The van der Waals surface area contributed by atoms with Crippen LogP contribution in [-0.2, 0) is 14.1 Å². The van der Waals surface area contributed by atoms with Gasteiger partial charge in [-0.15, -0.1) is 0 Å². The van der Waals surface area contributed by atoms with Crippen LogP contribution in [-0.4, -0.2) is 24.9 Å². The molecule has 0 aromatic carbocycles. The Morgan fingerprint density at radius 2 is 1.95 bits per heavy atom. The summed E-state index contributed by atoms with van der Waals surface area (Å²) in [5, 5.41) is 0.833. The molecule has 0 amide bonds. The molecule has 110 valence electrons. The summed E-state index contributed by atoms with van der Waals surface area (Å²) in [6.45, 7) is 4.41. The van der Waals surface area contributed by atoms with Gasteiger partial charge in [-0.25, -0.2) is 9.78 Å². The predicted octanol–water partition coefficient (Wildman–Crippen LogP) is 2.86. The van der Waals surface area contributed by atoms with Crippen LogP contribution in [0.15, 0.2) is 9.95 Å². The van der Waals surface area contributed by atoms with Crippen LogP contribution in [0.5, 0.6) is 0 Å².